The van der Waals surface area contributed by atoms with E-state index in [9.17, 15) is 9.59 Å². The summed E-state index contributed by atoms with van der Waals surface area (Å²) in [6, 6.07) is -1.14. The third kappa shape index (κ3) is 3.53. The normalized spacial score (nSPS) is 24.5. The molecule has 4 nitrogen and oxygen atoms in total. The Balaban J connectivity index is 3.02. The number of amides is 2. The molecule has 4 heteroatoms. The van der Waals surface area contributed by atoms with Crippen LogP contribution >= 0.6 is 0 Å². The molecule has 1 heterocycles. The minimum Gasteiger partial charge on any atom is -0.342 e. The molecule has 3 atom stereocenters. The number of piperazine rings is 1. The van der Waals surface area contributed by atoms with Crippen molar-refractivity contribution < 1.29 is 9.59 Å². The van der Waals surface area contributed by atoms with Crippen LogP contribution in [-0.2, 0) is 9.59 Å². The van der Waals surface area contributed by atoms with E-state index in [1.807, 2.05) is 27.7 Å². The highest BCUT2D eigenvalue weighted by atomic mass is 16.2. The van der Waals surface area contributed by atoms with Gasteiger partial charge in [-0.25, -0.2) is 0 Å². The molecule has 0 aromatic heterocycles. The topological polar surface area (TPSA) is 49.4 Å². The third-order valence-electron chi connectivity index (χ3n) is 3.69. The van der Waals surface area contributed by atoms with Crippen LogP contribution in [0.3, 0.4) is 0 Å². The molecule has 0 aliphatic carbocycles. The van der Waals surface area contributed by atoms with Gasteiger partial charge < -0.3 is 10.2 Å². The molecule has 3 unspecified atom stereocenters. The molecular weight excluding hydrogens is 252 g/mol. The summed E-state index contributed by atoms with van der Waals surface area (Å²) >= 11 is 0. The van der Waals surface area contributed by atoms with Gasteiger partial charge in [-0.05, 0) is 25.2 Å². The number of hydrogen-bond donors (Lipinski definition) is 1. The number of hydrogen-bond acceptors (Lipinski definition) is 2. The number of nitrogens with zero attached hydrogens (tertiary/aromatic N) is 1. The van der Waals surface area contributed by atoms with Gasteiger partial charge in [-0.1, -0.05) is 40.0 Å². The van der Waals surface area contributed by atoms with Crippen LogP contribution in [0.25, 0.3) is 0 Å². The lowest BCUT2D eigenvalue weighted by Gasteiger charge is -2.42. The highest BCUT2D eigenvalue weighted by molar-refractivity contribution is 5.97. The first-order valence-corrected chi connectivity index (χ1v) is 7.54. The van der Waals surface area contributed by atoms with E-state index in [2.05, 4.69) is 11.2 Å². The lowest BCUT2D eigenvalue weighted by molar-refractivity contribution is -0.151. The minimum absolute atomic E-state index is 0.0263. The van der Waals surface area contributed by atoms with E-state index in [1.165, 1.54) is 0 Å². The summed E-state index contributed by atoms with van der Waals surface area (Å²) in [5, 5.41) is 2.85. The molecule has 0 radical (unpaired) electrons. The van der Waals surface area contributed by atoms with Crippen molar-refractivity contribution in [3.05, 3.63) is 0 Å². The van der Waals surface area contributed by atoms with Gasteiger partial charge in [0.2, 0.25) is 11.8 Å². The van der Waals surface area contributed by atoms with Gasteiger partial charge in [-0.15, -0.1) is 6.42 Å². The van der Waals surface area contributed by atoms with Crippen molar-refractivity contribution in [2.45, 2.75) is 71.5 Å². The zero-order valence-electron chi connectivity index (χ0n) is 13.0. The van der Waals surface area contributed by atoms with Gasteiger partial charge in [0.1, 0.15) is 12.1 Å². The average molecular weight is 278 g/mol. The summed E-state index contributed by atoms with van der Waals surface area (Å²) in [5.74, 6) is 2.93. The first kappa shape index (κ1) is 16.6. The van der Waals surface area contributed by atoms with Crippen LogP contribution in [0.1, 0.15) is 53.4 Å². The van der Waals surface area contributed by atoms with Gasteiger partial charge in [0.05, 0.1) is 6.04 Å². The first-order valence-electron chi connectivity index (χ1n) is 7.54. The third-order valence-corrected chi connectivity index (χ3v) is 3.69. The van der Waals surface area contributed by atoms with Crippen molar-refractivity contribution in [2.24, 2.45) is 5.92 Å². The Labute approximate surface area is 122 Å². The lowest BCUT2D eigenvalue weighted by Crippen LogP contribution is -2.65. The second-order valence-electron chi connectivity index (χ2n) is 5.83. The number of nitrogens with one attached hydrogen (secondary N) is 1. The fraction of sp³-hybridized carbons (Fsp3) is 0.750. The Kier molecular flexibility index (Phi) is 6.06. The fourth-order valence-corrected chi connectivity index (χ4v) is 2.75. The van der Waals surface area contributed by atoms with E-state index < -0.39 is 12.1 Å². The van der Waals surface area contributed by atoms with Crippen LogP contribution < -0.4 is 5.32 Å². The molecule has 1 aliphatic rings. The minimum atomic E-state index is -0.432. The van der Waals surface area contributed by atoms with Gasteiger partial charge in [0, 0.05) is 0 Å². The average Bonchev–Trinajstić information content (AvgIpc) is 2.39. The van der Waals surface area contributed by atoms with Crippen LogP contribution in [0.15, 0.2) is 0 Å². The van der Waals surface area contributed by atoms with Gasteiger partial charge in [0.25, 0.3) is 0 Å². The van der Waals surface area contributed by atoms with E-state index in [-0.39, 0.29) is 17.9 Å². The maximum atomic E-state index is 12.7. The predicted molar refractivity (Wildman–Crippen MR) is 79.8 cm³/mol. The summed E-state index contributed by atoms with van der Waals surface area (Å²) < 4.78 is 0. The molecule has 2 amide bonds. The van der Waals surface area contributed by atoms with Gasteiger partial charge >= 0.3 is 0 Å². The maximum absolute atomic E-state index is 12.7. The summed E-state index contributed by atoms with van der Waals surface area (Å²) in [6.07, 6.45) is 8.46. The Bertz CT molecular complexity index is 398. The van der Waals surface area contributed by atoms with Crippen LogP contribution in [0.2, 0.25) is 0 Å². The summed E-state index contributed by atoms with van der Waals surface area (Å²) in [7, 11) is 0. The summed E-state index contributed by atoms with van der Waals surface area (Å²) in [5.41, 5.74) is 0. The predicted octanol–water partition coefficient (Wildman–Crippen LogP) is 1.94. The fourth-order valence-electron chi connectivity index (χ4n) is 2.75. The van der Waals surface area contributed by atoms with Crippen molar-refractivity contribution in [1.29, 1.82) is 0 Å². The second kappa shape index (κ2) is 7.33. The van der Waals surface area contributed by atoms with E-state index in [0.717, 1.165) is 12.8 Å². The molecule has 0 bridgehead atoms. The van der Waals surface area contributed by atoms with E-state index in [1.54, 1.807) is 4.90 Å². The Morgan fingerprint density at radius 1 is 1.35 bits per heavy atom. The van der Waals surface area contributed by atoms with E-state index >= 15 is 0 Å². The molecule has 1 fully saturated rings. The second-order valence-corrected chi connectivity index (χ2v) is 5.83. The summed E-state index contributed by atoms with van der Waals surface area (Å²) in [6.45, 7) is 8.03. The molecule has 112 valence electrons. The Morgan fingerprint density at radius 2 is 2.00 bits per heavy atom. The Hall–Kier alpha value is -1.50. The van der Waals surface area contributed by atoms with Gasteiger partial charge in [-0.3, -0.25) is 9.59 Å². The lowest BCUT2D eigenvalue weighted by atomic mass is 9.95. The van der Waals surface area contributed by atoms with Crippen LogP contribution in [0, 0.1) is 18.3 Å². The molecular formula is C16H26N2O2. The number of terminal acetylenes is 1. The van der Waals surface area contributed by atoms with Crippen LogP contribution in [0.5, 0.6) is 0 Å². The van der Waals surface area contributed by atoms with Gasteiger partial charge in [-0.2, -0.15) is 0 Å². The number of carbonyl (C=O) groups excluding carboxylic acids is 2. The molecule has 0 aromatic rings. The maximum Gasteiger partial charge on any atom is 0.246 e. The van der Waals surface area contributed by atoms with Crippen molar-refractivity contribution in [3.63, 3.8) is 0 Å². The van der Waals surface area contributed by atoms with Crippen molar-refractivity contribution in [1.82, 2.24) is 10.2 Å². The quantitative estimate of drug-likeness (QED) is 0.755. The van der Waals surface area contributed by atoms with Crippen molar-refractivity contribution >= 4 is 11.8 Å². The van der Waals surface area contributed by atoms with Gasteiger partial charge in [0.15, 0.2) is 0 Å². The van der Waals surface area contributed by atoms with Crippen LogP contribution in [-0.4, -0.2) is 34.8 Å². The standard InChI is InChI=1S/C16H26N2O2/c1-6-9-12(7-2)18-14(8-3)15(19)17-13(16(18)20)10-11(4)5/h2,11-14H,6,8-10H2,1,3-5H3,(H,17,19). The summed E-state index contributed by atoms with van der Waals surface area (Å²) in [4.78, 5) is 26.5. The molecule has 1 aliphatic heterocycles. The zero-order chi connectivity index (χ0) is 15.3. The number of rotatable bonds is 6. The van der Waals surface area contributed by atoms with Crippen LogP contribution in [0.4, 0.5) is 0 Å². The smallest absolute Gasteiger partial charge is 0.246 e. The Morgan fingerprint density at radius 3 is 2.45 bits per heavy atom. The highest BCUT2D eigenvalue weighted by Crippen LogP contribution is 2.22. The molecule has 1 saturated heterocycles. The molecule has 0 saturated carbocycles. The van der Waals surface area contributed by atoms with Crippen molar-refractivity contribution in [2.75, 3.05) is 0 Å². The molecule has 0 spiro atoms. The van der Waals surface area contributed by atoms with E-state index in [0.29, 0.717) is 18.8 Å². The molecule has 1 rings (SSSR count). The zero-order valence-corrected chi connectivity index (χ0v) is 13.0. The monoisotopic (exact) mass is 278 g/mol. The van der Waals surface area contributed by atoms with Crippen molar-refractivity contribution in [3.8, 4) is 12.3 Å². The number of carbonyl (C=O) groups is 2. The molecule has 0 aromatic carbocycles. The largest absolute Gasteiger partial charge is 0.342 e. The first-order chi connectivity index (χ1) is 9.46. The SMILES string of the molecule is C#CC(CCC)N1C(=O)C(CC(C)C)NC(=O)C1CC. The van der Waals surface area contributed by atoms with E-state index in [4.69, 9.17) is 6.42 Å². The highest BCUT2D eigenvalue weighted by Gasteiger charge is 2.42. The molecule has 1 N–H and O–H groups in total. The molecule has 20 heavy (non-hydrogen) atoms.